The molecule has 7 heteroatoms. The van der Waals surface area contributed by atoms with Crippen molar-refractivity contribution < 1.29 is 13.2 Å². The van der Waals surface area contributed by atoms with Gasteiger partial charge in [-0.2, -0.15) is 0 Å². The summed E-state index contributed by atoms with van der Waals surface area (Å²) in [6.45, 7) is 1.87. The number of rotatable bonds is 6. The van der Waals surface area contributed by atoms with E-state index in [0.29, 0.717) is 5.69 Å². The molecule has 1 atom stereocenters. The first-order chi connectivity index (χ1) is 12.7. The van der Waals surface area contributed by atoms with Crippen LogP contribution in [0.3, 0.4) is 0 Å². The van der Waals surface area contributed by atoms with Gasteiger partial charge in [-0.1, -0.05) is 0 Å². The van der Waals surface area contributed by atoms with Crippen molar-refractivity contribution in [3.63, 3.8) is 0 Å². The van der Waals surface area contributed by atoms with Crippen LogP contribution in [0.4, 0.5) is 11.4 Å². The number of anilines is 2. The van der Waals surface area contributed by atoms with Crippen molar-refractivity contribution in [3.8, 4) is 0 Å². The molecule has 1 amide bonds. The first-order valence-corrected chi connectivity index (χ1v) is 11.8. The number of hydrogen-bond donors (Lipinski definition) is 3. The van der Waals surface area contributed by atoms with Crippen LogP contribution in [0.25, 0.3) is 0 Å². The van der Waals surface area contributed by atoms with Gasteiger partial charge in [0.05, 0.1) is 6.26 Å². The Morgan fingerprint density at radius 1 is 1.00 bits per heavy atom. The second kappa shape index (κ2) is 6.69. The highest BCUT2D eigenvalue weighted by atomic mass is 32.2. The van der Waals surface area contributed by atoms with Crippen LogP contribution in [-0.2, 0) is 14.8 Å². The first-order valence-electron chi connectivity index (χ1n) is 9.86. The molecule has 1 aromatic rings. The van der Waals surface area contributed by atoms with Crippen LogP contribution in [0.15, 0.2) is 24.3 Å². The summed E-state index contributed by atoms with van der Waals surface area (Å²) in [7, 11) is -3.29. The fourth-order valence-electron chi connectivity index (χ4n) is 5.80. The van der Waals surface area contributed by atoms with Crippen LogP contribution in [0.2, 0.25) is 0 Å². The van der Waals surface area contributed by atoms with E-state index in [1.54, 1.807) is 24.3 Å². The predicted octanol–water partition coefficient (Wildman–Crippen LogP) is 2.94. The van der Waals surface area contributed by atoms with E-state index in [1.165, 1.54) is 19.3 Å². The smallest absolute Gasteiger partial charge is 0.242 e. The van der Waals surface area contributed by atoms with Crippen LogP contribution in [-0.4, -0.2) is 32.2 Å². The average Bonchev–Trinajstić information content (AvgIpc) is 2.53. The lowest BCUT2D eigenvalue weighted by atomic mass is 9.53. The summed E-state index contributed by atoms with van der Waals surface area (Å²) in [5.41, 5.74) is 1.32. The SMILES string of the molecule is CC(Nc1ccc(NS(C)(=O)=O)cc1)C(=O)NC12CC3CC(CC(C3)C1)C2. The summed E-state index contributed by atoms with van der Waals surface area (Å²) >= 11 is 0. The lowest BCUT2D eigenvalue weighted by Gasteiger charge is -2.57. The number of benzene rings is 1. The Morgan fingerprint density at radius 2 is 1.48 bits per heavy atom. The molecule has 3 N–H and O–H groups in total. The second-order valence-corrected chi connectivity index (χ2v) is 10.8. The zero-order valence-corrected chi connectivity index (χ0v) is 16.8. The van der Waals surface area contributed by atoms with Crippen molar-refractivity contribution in [3.05, 3.63) is 24.3 Å². The standard InChI is InChI=1S/C20H29N3O3S/c1-13(21-17-3-5-18(6-4-17)23-27(2,25)26)19(24)22-20-10-14-7-15(11-20)9-16(8-14)12-20/h3-6,13-16,21,23H,7-12H2,1-2H3,(H,22,24). The maximum atomic E-state index is 12.8. The van der Waals surface area contributed by atoms with Gasteiger partial charge in [-0.05, 0) is 87.5 Å². The third-order valence-electron chi connectivity index (χ3n) is 6.39. The van der Waals surface area contributed by atoms with Gasteiger partial charge in [-0.25, -0.2) is 8.42 Å². The molecule has 5 rings (SSSR count). The highest BCUT2D eigenvalue weighted by Crippen LogP contribution is 2.55. The molecular formula is C20H29N3O3S. The third-order valence-corrected chi connectivity index (χ3v) is 7.00. The number of carbonyl (C=O) groups is 1. The van der Waals surface area contributed by atoms with E-state index < -0.39 is 10.0 Å². The Bertz CT molecular complexity index is 784. The molecule has 4 aliphatic carbocycles. The largest absolute Gasteiger partial charge is 0.374 e. The lowest BCUT2D eigenvalue weighted by molar-refractivity contribution is -0.127. The van der Waals surface area contributed by atoms with Crippen LogP contribution in [0.1, 0.15) is 45.4 Å². The maximum Gasteiger partial charge on any atom is 0.242 e. The molecular weight excluding hydrogens is 362 g/mol. The molecule has 4 saturated carbocycles. The molecule has 0 aromatic heterocycles. The zero-order chi connectivity index (χ0) is 19.2. The van der Waals surface area contributed by atoms with Crippen molar-refractivity contribution in [1.82, 2.24) is 5.32 Å². The summed E-state index contributed by atoms with van der Waals surface area (Å²) in [6.07, 6.45) is 8.62. The number of carbonyl (C=O) groups excluding carboxylic acids is 1. The predicted molar refractivity (Wildman–Crippen MR) is 107 cm³/mol. The molecule has 27 heavy (non-hydrogen) atoms. The Hall–Kier alpha value is -1.76. The number of hydrogen-bond acceptors (Lipinski definition) is 4. The van der Waals surface area contributed by atoms with E-state index in [-0.39, 0.29) is 17.5 Å². The van der Waals surface area contributed by atoms with Crippen molar-refractivity contribution in [1.29, 1.82) is 0 Å². The van der Waals surface area contributed by atoms with E-state index in [1.807, 2.05) is 6.92 Å². The Labute approximate surface area is 161 Å². The number of sulfonamides is 1. The fraction of sp³-hybridized carbons (Fsp3) is 0.650. The van der Waals surface area contributed by atoms with Gasteiger partial charge in [0.1, 0.15) is 6.04 Å². The van der Waals surface area contributed by atoms with E-state index in [2.05, 4.69) is 15.4 Å². The molecule has 6 nitrogen and oxygen atoms in total. The van der Waals surface area contributed by atoms with E-state index >= 15 is 0 Å². The normalized spacial score (nSPS) is 32.7. The molecule has 0 radical (unpaired) electrons. The maximum absolute atomic E-state index is 12.8. The van der Waals surface area contributed by atoms with Gasteiger partial charge < -0.3 is 10.6 Å². The molecule has 0 saturated heterocycles. The second-order valence-electron chi connectivity index (χ2n) is 9.00. The zero-order valence-electron chi connectivity index (χ0n) is 16.0. The van der Waals surface area contributed by atoms with Gasteiger partial charge in [0.15, 0.2) is 0 Å². The summed E-state index contributed by atoms with van der Waals surface area (Å²) in [5.74, 6) is 2.45. The minimum atomic E-state index is -3.29. The van der Waals surface area contributed by atoms with E-state index in [0.717, 1.165) is 49.0 Å². The van der Waals surface area contributed by atoms with Gasteiger partial charge in [-0.15, -0.1) is 0 Å². The molecule has 4 fully saturated rings. The average molecular weight is 392 g/mol. The molecule has 0 aliphatic heterocycles. The van der Waals surface area contributed by atoms with Crippen molar-refractivity contribution in [2.75, 3.05) is 16.3 Å². The summed E-state index contributed by atoms with van der Waals surface area (Å²) < 4.78 is 25.0. The quantitative estimate of drug-likeness (QED) is 0.696. The minimum absolute atomic E-state index is 0.0189. The van der Waals surface area contributed by atoms with Gasteiger partial charge >= 0.3 is 0 Å². The van der Waals surface area contributed by atoms with Gasteiger partial charge in [0.2, 0.25) is 15.9 Å². The lowest BCUT2D eigenvalue weighted by Crippen LogP contribution is -2.61. The molecule has 4 bridgehead atoms. The van der Waals surface area contributed by atoms with Crippen LogP contribution < -0.4 is 15.4 Å². The van der Waals surface area contributed by atoms with Crippen molar-refractivity contribution >= 4 is 27.3 Å². The number of amides is 1. The molecule has 1 aromatic carbocycles. The molecule has 1 unspecified atom stereocenters. The van der Waals surface area contributed by atoms with Crippen molar-refractivity contribution in [2.24, 2.45) is 17.8 Å². The van der Waals surface area contributed by atoms with Gasteiger partial charge in [0, 0.05) is 16.9 Å². The highest BCUT2D eigenvalue weighted by molar-refractivity contribution is 7.92. The van der Waals surface area contributed by atoms with E-state index in [4.69, 9.17) is 0 Å². The summed E-state index contributed by atoms with van der Waals surface area (Å²) in [6, 6.07) is 6.59. The van der Waals surface area contributed by atoms with Crippen molar-refractivity contribution in [2.45, 2.75) is 57.0 Å². The first kappa shape index (κ1) is 18.6. The topological polar surface area (TPSA) is 87.3 Å². The molecule has 0 spiro atoms. The molecule has 4 aliphatic rings. The van der Waals surface area contributed by atoms with Crippen LogP contribution in [0.5, 0.6) is 0 Å². The Morgan fingerprint density at radius 3 is 1.96 bits per heavy atom. The fourth-order valence-corrected chi connectivity index (χ4v) is 6.36. The summed E-state index contributed by atoms with van der Waals surface area (Å²) in [4.78, 5) is 12.8. The van der Waals surface area contributed by atoms with E-state index in [9.17, 15) is 13.2 Å². The summed E-state index contributed by atoms with van der Waals surface area (Å²) in [5, 5.41) is 6.62. The molecule has 148 valence electrons. The number of nitrogens with one attached hydrogen (secondary N) is 3. The van der Waals surface area contributed by atoms with Gasteiger partial charge in [0.25, 0.3) is 0 Å². The highest BCUT2D eigenvalue weighted by Gasteiger charge is 2.51. The minimum Gasteiger partial charge on any atom is -0.374 e. The third kappa shape index (κ3) is 4.23. The van der Waals surface area contributed by atoms with Crippen LogP contribution >= 0.6 is 0 Å². The van der Waals surface area contributed by atoms with Crippen LogP contribution in [0, 0.1) is 17.8 Å². The Balaban J connectivity index is 1.36. The molecule has 0 heterocycles. The monoisotopic (exact) mass is 391 g/mol. The van der Waals surface area contributed by atoms with Gasteiger partial charge in [-0.3, -0.25) is 9.52 Å². The Kier molecular flexibility index (Phi) is 4.61.